The van der Waals surface area contributed by atoms with Crippen LogP contribution in [0.3, 0.4) is 0 Å². The maximum Gasteiger partial charge on any atom is 0.195 e. The third kappa shape index (κ3) is 3.99. The summed E-state index contributed by atoms with van der Waals surface area (Å²) in [5.41, 5.74) is 1.28. The predicted octanol–water partition coefficient (Wildman–Crippen LogP) is 2.17. The second-order valence-corrected chi connectivity index (χ2v) is 3.28. The molecule has 0 N–H and O–H groups in total. The highest BCUT2D eigenvalue weighted by Gasteiger charge is 1.98. The van der Waals surface area contributed by atoms with E-state index < -0.39 is 0 Å². The van der Waals surface area contributed by atoms with Gasteiger partial charge in [-0.25, -0.2) is 0 Å². The highest BCUT2D eigenvalue weighted by atomic mass is 16.2. The Morgan fingerprint density at radius 2 is 1.86 bits per heavy atom. The van der Waals surface area contributed by atoms with E-state index in [0.717, 1.165) is 19.3 Å². The number of rotatable bonds is 6. The van der Waals surface area contributed by atoms with Gasteiger partial charge >= 0.3 is 0 Å². The van der Waals surface area contributed by atoms with Crippen LogP contribution in [0, 0.1) is 0 Å². The fourth-order valence-electron chi connectivity index (χ4n) is 1.33. The monoisotopic (exact) mass is 190 g/mol. The van der Waals surface area contributed by atoms with E-state index in [2.05, 4.69) is 12.1 Å². The van der Waals surface area contributed by atoms with E-state index in [1.54, 1.807) is 0 Å². The minimum absolute atomic E-state index is 0.293. The first-order valence-electron chi connectivity index (χ1n) is 4.85. The van der Waals surface area contributed by atoms with Gasteiger partial charge in [-0.15, -0.1) is 0 Å². The second-order valence-electron chi connectivity index (χ2n) is 3.28. The van der Waals surface area contributed by atoms with E-state index in [0.29, 0.717) is 12.7 Å². The van der Waals surface area contributed by atoms with Crippen molar-refractivity contribution in [2.45, 2.75) is 25.7 Å². The minimum Gasteiger partial charge on any atom is -0.295 e. The van der Waals surface area contributed by atoms with Crippen molar-refractivity contribution in [1.29, 1.82) is 0 Å². The number of aldehydes is 1. The number of hydrogen-bond acceptors (Lipinski definition) is 2. The van der Waals surface area contributed by atoms with Gasteiger partial charge in [0, 0.05) is 6.42 Å². The SMILES string of the molecule is O=CC(=O)CCCCc1ccccc1. The van der Waals surface area contributed by atoms with Gasteiger partial charge in [-0.05, 0) is 24.8 Å². The number of unbranched alkanes of at least 4 members (excludes halogenated alkanes) is 1. The average molecular weight is 190 g/mol. The number of ketones is 1. The van der Waals surface area contributed by atoms with E-state index >= 15 is 0 Å². The Labute approximate surface area is 83.9 Å². The van der Waals surface area contributed by atoms with Crippen LogP contribution in [0.15, 0.2) is 30.3 Å². The highest BCUT2D eigenvalue weighted by Crippen LogP contribution is 2.05. The number of carbonyl (C=O) groups excluding carboxylic acids is 2. The molecule has 14 heavy (non-hydrogen) atoms. The van der Waals surface area contributed by atoms with Crippen molar-refractivity contribution in [3.05, 3.63) is 35.9 Å². The molecule has 74 valence electrons. The first-order valence-corrected chi connectivity index (χ1v) is 4.85. The zero-order chi connectivity index (χ0) is 10.2. The summed E-state index contributed by atoms with van der Waals surface area (Å²) in [6, 6.07) is 10.1. The van der Waals surface area contributed by atoms with Crippen molar-refractivity contribution < 1.29 is 9.59 Å². The molecule has 0 radical (unpaired) electrons. The largest absolute Gasteiger partial charge is 0.295 e. The third-order valence-corrected chi connectivity index (χ3v) is 2.11. The number of Topliss-reactive ketones (excluding diaryl/α,β-unsaturated/α-hetero) is 1. The van der Waals surface area contributed by atoms with Gasteiger partial charge in [-0.1, -0.05) is 30.3 Å². The molecule has 0 atom stereocenters. The van der Waals surface area contributed by atoms with Crippen molar-refractivity contribution in [3.63, 3.8) is 0 Å². The molecule has 0 spiro atoms. The van der Waals surface area contributed by atoms with Crippen molar-refractivity contribution >= 4 is 12.1 Å². The predicted molar refractivity (Wildman–Crippen MR) is 55.1 cm³/mol. The smallest absolute Gasteiger partial charge is 0.195 e. The highest BCUT2D eigenvalue weighted by molar-refractivity contribution is 6.24. The van der Waals surface area contributed by atoms with Gasteiger partial charge < -0.3 is 0 Å². The van der Waals surface area contributed by atoms with Crippen LogP contribution in [0.1, 0.15) is 24.8 Å². The quantitative estimate of drug-likeness (QED) is 0.391. The number of hydrogen-bond donors (Lipinski definition) is 0. The average Bonchev–Trinajstić information content (AvgIpc) is 2.25. The first kappa shape index (κ1) is 10.6. The van der Waals surface area contributed by atoms with E-state index in [-0.39, 0.29) is 5.78 Å². The molecule has 0 aromatic heterocycles. The van der Waals surface area contributed by atoms with E-state index in [1.807, 2.05) is 18.2 Å². The zero-order valence-corrected chi connectivity index (χ0v) is 8.11. The molecule has 1 aromatic carbocycles. The summed E-state index contributed by atoms with van der Waals surface area (Å²) < 4.78 is 0. The summed E-state index contributed by atoms with van der Waals surface area (Å²) in [5, 5.41) is 0. The van der Waals surface area contributed by atoms with Crippen LogP contribution in [0.5, 0.6) is 0 Å². The molecule has 0 heterocycles. The van der Waals surface area contributed by atoms with Gasteiger partial charge in [0.2, 0.25) is 0 Å². The summed E-state index contributed by atoms with van der Waals surface area (Å²) in [6.45, 7) is 0. The summed E-state index contributed by atoms with van der Waals surface area (Å²) in [4.78, 5) is 20.7. The van der Waals surface area contributed by atoms with Gasteiger partial charge in [0.1, 0.15) is 0 Å². The zero-order valence-electron chi connectivity index (χ0n) is 8.11. The molecule has 0 aliphatic heterocycles. The van der Waals surface area contributed by atoms with Crippen LogP contribution < -0.4 is 0 Å². The van der Waals surface area contributed by atoms with Crippen molar-refractivity contribution in [2.24, 2.45) is 0 Å². The van der Waals surface area contributed by atoms with E-state index in [9.17, 15) is 9.59 Å². The maximum atomic E-state index is 10.7. The Kier molecular flexibility index (Phi) is 4.62. The molecule has 1 aromatic rings. The molecule has 0 saturated carbocycles. The Hall–Kier alpha value is -1.44. The van der Waals surface area contributed by atoms with Crippen molar-refractivity contribution in [2.75, 3.05) is 0 Å². The van der Waals surface area contributed by atoms with E-state index in [4.69, 9.17) is 0 Å². The Morgan fingerprint density at radius 1 is 1.14 bits per heavy atom. The molecule has 1 rings (SSSR count). The number of carbonyl (C=O) groups is 2. The van der Waals surface area contributed by atoms with Gasteiger partial charge in [-0.3, -0.25) is 9.59 Å². The Balaban J connectivity index is 2.16. The van der Waals surface area contributed by atoms with Gasteiger partial charge in [-0.2, -0.15) is 0 Å². The molecular formula is C12H14O2. The van der Waals surface area contributed by atoms with Crippen LogP contribution in [0.4, 0.5) is 0 Å². The molecule has 0 saturated heterocycles. The molecule has 0 bridgehead atoms. The van der Waals surface area contributed by atoms with Gasteiger partial charge in [0.25, 0.3) is 0 Å². The second kappa shape index (κ2) is 6.08. The topological polar surface area (TPSA) is 34.1 Å². The lowest BCUT2D eigenvalue weighted by Crippen LogP contribution is -1.98. The molecule has 2 heteroatoms. The normalized spacial score (nSPS) is 9.71. The molecule has 0 unspecified atom stereocenters. The van der Waals surface area contributed by atoms with Crippen LogP contribution in [-0.2, 0) is 16.0 Å². The van der Waals surface area contributed by atoms with Gasteiger partial charge in [0.05, 0.1) is 0 Å². The van der Waals surface area contributed by atoms with Crippen molar-refractivity contribution in [3.8, 4) is 0 Å². The fourth-order valence-corrected chi connectivity index (χ4v) is 1.33. The van der Waals surface area contributed by atoms with Crippen molar-refractivity contribution in [1.82, 2.24) is 0 Å². The lowest BCUT2D eigenvalue weighted by atomic mass is 10.1. The standard InChI is InChI=1S/C12H14O2/c13-10-12(14)9-5-4-8-11-6-2-1-3-7-11/h1-3,6-7,10H,4-5,8-9H2. The number of aryl methyl sites for hydroxylation is 1. The van der Waals surface area contributed by atoms with Gasteiger partial charge in [0.15, 0.2) is 12.1 Å². The lowest BCUT2D eigenvalue weighted by Gasteiger charge is -1.99. The molecular weight excluding hydrogens is 176 g/mol. The van der Waals surface area contributed by atoms with Crippen LogP contribution in [-0.4, -0.2) is 12.1 Å². The Morgan fingerprint density at radius 3 is 2.50 bits per heavy atom. The third-order valence-electron chi connectivity index (χ3n) is 2.11. The maximum absolute atomic E-state index is 10.7. The van der Waals surface area contributed by atoms with E-state index in [1.165, 1.54) is 5.56 Å². The summed E-state index contributed by atoms with van der Waals surface area (Å²) >= 11 is 0. The fraction of sp³-hybridized carbons (Fsp3) is 0.333. The number of benzene rings is 1. The molecule has 0 aliphatic carbocycles. The molecule has 2 nitrogen and oxygen atoms in total. The summed E-state index contributed by atoms with van der Waals surface area (Å²) in [6.07, 6.45) is 3.53. The summed E-state index contributed by atoms with van der Waals surface area (Å²) in [5.74, 6) is -0.293. The molecule has 0 fully saturated rings. The molecule has 0 aliphatic rings. The lowest BCUT2D eigenvalue weighted by molar-refractivity contribution is -0.129. The summed E-state index contributed by atoms with van der Waals surface area (Å²) in [7, 11) is 0. The Bertz CT molecular complexity index is 290. The van der Waals surface area contributed by atoms with Crippen LogP contribution in [0.25, 0.3) is 0 Å². The minimum atomic E-state index is -0.293. The first-order chi connectivity index (χ1) is 6.83. The van der Waals surface area contributed by atoms with Crippen LogP contribution in [0.2, 0.25) is 0 Å². The molecule has 0 amide bonds. The van der Waals surface area contributed by atoms with Crippen LogP contribution >= 0.6 is 0 Å².